The van der Waals surface area contributed by atoms with Crippen LogP contribution in [-0.2, 0) is 4.79 Å². The molecule has 1 amide bonds. The SMILES string of the molecule is O=C(Nc1ccccc1)[C@H](Cl)C(=O)c1ccccc1. The van der Waals surface area contributed by atoms with Gasteiger partial charge in [-0.25, -0.2) is 0 Å². The van der Waals surface area contributed by atoms with Crippen molar-refractivity contribution >= 4 is 29.0 Å². The molecular formula is C15H12ClNO2. The van der Waals surface area contributed by atoms with E-state index in [0.717, 1.165) is 0 Å². The molecule has 0 aliphatic carbocycles. The molecule has 2 aromatic rings. The molecule has 0 saturated carbocycles. The summed E-state index contributed by atoms with van der Waals surface area (Å²) >= 11 is 5.90. The highest BCUT2D eigenvalue weighted by Gasteiger charge is 2.24. The van der Waals surface area contributed by atoms with Crippen LogP contribution in [0.2, 0.25) is 0 Å². The van der Waals surface area contributed by atoms with Crippen molar-refractivity contribution in [1.29, 1.82) is 0 Å². The highest BCUT2D eigenvalue weighted by atomic mass is 35.5. The van der Waals surface area contributed by atoms with Crippen molar-refractivity contribution in [3.05, 3.63) is 66.2 Å². The summed E-state index contributed by atoms with van der Waals surface area (Å²) in [5.41, 5.74) is 1.03. The normalized spacial score (nSPS) is 11.6. The van der Waals surface area contributed by atoms with E-state index in [-0.39, 0.29) is 0 Å². The number of hydrogen-bond donors (Lipinski definition) is 1. The largest absolute Gasteiger partial charge is 0.324 e. The first-order chi connectivity index (χ1) is 9.18. The summed E-state index contributed by atoms with van der Waals surface area (Å²) in [6.45, 7) is 0. The Morgan fingerprint density at radius 2 is 1.42 bits per heavy atom. The summed E-state index contributed by atoms with van der Waals surface area (Å²) in [5, 5.41) is 1.37. The maximum atomic E-state index is 12.0. The molecule has 96 valence electrons. The van der Waals surface area contributed by atoms with Gasteiger partial charge in [-0.05, 0) is 12.1 Å². The predicted octanol–water partition coefficient (Wildman–Crippen LogP) is 3.12. The number of benzene rings is 2. The fourth-order valence-electron chi connectivity index (χ4n) is 1.59. The number of Topliss-reactive ketones (excluding diaryl/α,β-unsaturated/α-hetero) is 1. The van der Waals surface area contributed by atoms with Gasteiger partial charge < -0.3 is 5.32 Å². The van der Waals surface area contributed by atoms with Gasteiger partial charge in [-0.15, -0.1) is 11.6 Å². The van der Waals surface area contributed by atoms with E-state index >= 15 is 0 Å². The fourth-order valence-corrected chi connectivity index (χ4v) is 1.78. The van der Waals surface area contributed by atoms with Crippen molar-refractivity contribution < 1.29 is 9.59 Å². The molecule has 0 saturated heterocycles. The molecule has 0 heterocycles. The Labute approximate surface area is 116 Å². The molecule has 0 aliphatic rings. The average Bonchev–Trinajstić information content (AvgIpc) is 2.47. The van der Waals surface area contributed by atoms with Crippen LogP contribution in [0.1, 0.15) is 10.4 Å². The zero-order valence-electron chi connectivity index (χ0n) is 10.0. The number of halogens is 1. The van der Waals surface area contributed by atoms with E-state index in [2.05, 4.69) is 5.32 Å². The molecule has 1 N–H and O–H groups in total. The lowest BCUT2D eigenvalue weighted by Gasteiger charge is -2.09. The average molecular weight is 274 g/mol. The van der Waals surface area contributed by atoms with Crippen LogP contribution in [0.4, 0.5) is 5.69 Å². The molecule has 0 bridgehead atoms. The van der Waals surface area contributed by atoms with E-state index in [1.807, 2.05) is 6.07 Å². The highest BCUT2D eigenvalue weighted by Crippen LogP contribution is 2.12. The summed E-state index contributed by atoms with van der Waals surface area (Å²) in [7, 11) is 0. The standard InChI is InChI=1S/C15H12ClNO2/c16-13(14(18)11-7-3-1-4-8-11)15(19)17-12-9-5-2-6-10-12/h1-10,13H,(H,17,19)/t13-/m1/s1. The zero-order valence-corrected chi connectivity index (χ0v) is 10.8. The topological polar surface area (TPSA) is 46.2 Å². The summed E-state index contributed by atoms with van der Waals surface area (Å²) in [5.74, 6) is -0.933. The van der Waals surface area contributed by atoms with Gasteiger partial charge in [0.2, 0.25) is 5.91 Å². The number of alkyl halides is 1. The Kier molecular flexibility index (Phi) is 4.31. The zero-order chi connectivity index (χ0) is 13.7. The van der Waals surface area contributed by atoms with Gasteiger partial charge in [-0.3, -0.25) is 9.59 Å². The maximum absolute atomic E-state index is 12.0. The number of para-hydroxylation sites is 1. The summed E-state index contributed by atoms with van der Waals surface area (Å²) in [6, 6.07) is 17.4. The van der Waals surface area contributed by atoms with E-state index in [1.54, 1.807) is 54.6 Å². The van der Waals surface area contributed by atoms with E-state index in [9.17, 15) is 9.59 Å². The Morgan fingerprint density at radius 1 is 0.895 bits per heavy atom. The van der Waals surface area contributed by atoms with Gasteiger partial charge in [-0.1, -0.05) is 48.5 Å². The van der Waals surface area contributed by atoms with Crippen LogP contribution in [0.5, 0.6) is 0 Å². The first-order valence-electron chi connectivity index (χ1n) is 5.78. The Bertz CT molecular complexity index is 569. The summed E-state index contributed by atoms with van der Waals surface area (Å²) in [6.07, 6.45) is 0. The van der Waals surface area contributed by atoms with Gasteiger partial charge in [0.05, 0.1) is 0 Å². The second-order valence-electron chi connectivity index (χ2n) is 3.95. The number of carbonyl (C=O) groups excluding carboxylic acids is 2. The maximum Gasteiger partial charge on any atom is 0.250 e. The van der Waals surface area contributed by atoms with Gasteiger partial charge in [0.1, 0.15) is 0 Å². The van der Waals surface area contributed by atoms with Crippen LogP contribution < -0.4 is 5.32 Å². The molecule has 2 rings (SSSR count). The lowest BCUT2D eigenvalue weighted by molar-refractivity contribution is -0.115. The van der Waals surface area contributed by atoms with Gasteiger partial charge in [0.15, 0.2) is 11.2 Å². The molecule has 0 spiro atoms. The minimum Gasteiger partial charge on any atom is -0.324 e. The Balaban J connectivity index is 2.06. The highest BCUT2D eigenvalue weighted by molar-refractivity contribution is 6.45. The second-order valence-corrected chi connectivity index (χ2v) is 4.38. The molecule has 19 heavy (non-hydrogen) atoms. The van der Waals surface area contributed by atoms with Crippen LogP contribution in [0, 0.1) is 0 Å². The van der Waals surface area contributed by atoms with E-state index < -0.39 is 17.1 Å². The minimum absolute atomic E-state index is 0.407. The van der Waals surface area contributed by atoms with Crippen molar-refractivity contribution in [2.45, 2.75) is 5.38 Å². The van der Waals surface area contributed by atoms with Crippen molar-refractivity contribution in [2.75, 3.05) is 5.32 Å². The number of nitrogens with one attached hydrogen (secondary N) is 1. The molecule has 1 atom stereocenters. The van der Waals surface area contributed by atoms with Crippen molar-refractivity contribution in [3.63, 3.8) is 0 Å². The monoisotopic (exact) mass is 273 g/mol. The van der Waals surface area contributed by atoms with Crippen LogP contribution in [0.15, 0.2) is 60.7 Å². The lowest BCUT2D eigenvalue weighted by Crippen LogP contribution is -2.30. The van der Waals surface area contributed by atoms with Gasteiger partial charge in [0, 0.05) is 11.3 Å². The molecular weight excluding hydrogens is 262 g/mol. The molecule has 2 aromatic carbocycles. The van der Waals surface area contributed by atoms with Crippen molar-refractivity contribution in [1.82, 2.24) is 0 Å². The van der Waals surface area contributed by atoms with Gasteiger partial charge >= 0.3 is 0 Å². The fraction of sp³-hybridized carbons (Fsp3) is 0.0667. The molecule has 3 nitrogen and oxygen atoms in total. The van der Waals surface area contributed by atoms with Gasteiger partial charge in [-0.2, -0.15) is 0 Å². The number of carbonyl (C=O) groups is 2. The lowest BCUT2D eigenvalue weighted by atomic mass is 10.1. The molecule has 0 fully saturated rings. The van der Waals surface area contributed by atoms with E-state index in [0.29, 0.717) is 11.3 Å². The summed E-state index contributed by atoms with van der Waals surface area (Å²) in [4.78, 5) is 23.8. The first-order valence-corrected chi connectivity index (χ1v) is 6.21. The number of amides is 1. The van der Waals surface area contributed by atoms with Crippen molar-refractivity contribution in [2.24, 2.45) is 0 Å². The van der Waals surface area contributed by atoms with Crippen LogP contribution >= 0.6 is 11.6 Å². The third-order valence-electron chi connectivity index (χ3n) is 2.56. The molecule has 0 aromatic heterocycles. The molecule has 0 aliphatic heterocycles. The van der Waals surface area contributed by atoms with Gasteiger partial charge in [0.25, 0.3) is 0 Å². The Morgan fingerprint density at radius 3 is 2.00 bits per heavy atom. The van der Waals surface area contributed by atoms with Crippen molar-refractivity contribution in [3.8, 4) is 0 Å². The van der Waals surface area contributed by atoms with E-state index in [1.165, 1.54) is 0 Å². The van der Waals surface area contributed by atoms with Crippen LogP contribution in [0.3, 0.4) is 0 Å². The molecule has 4 heteroatoms. The quantitative estimate of drug-likeness (QED) is 0.528. The number of anilines is 1. The number of rotatable bonds is 4. The Hall–Kier alpha value is -2.13. The number of hydrogen-bond acceptors (Lipinski definition) is 2. The number of ketones is 1. The summed E-state index contributed by atoms with van der Waals surface area (Å²) < 4.78 is 0. The second kappa shape index (κ2) is 6.16. The van der Waals surface area contributed by atoms with E-state index in [4.69, 9.17) is 11.6 Å². The van der Waals surface area contributed by atoms with Crippen LogP contribution in [-0.4, -0.2) is 17.1 Å². The molecule has 0 unspecified atom stereocenters. The third kappa shape index (κ3) is 3.42. The third-order valence-corrected chi connectivity index (χ3v) is 2.96. The smallest absolute Gasteiger partial charge is 0.250 e. The molecule has 0 radical (unpaired) electrons. The predicted molar refractivity (Wildman–Crippen MR) is 75.5 cm³/mol. The minimum atomic E-state index is -1.23. The van der Waals surface area contributed by atoms with Crippen LogP contribution in [0.25, 0.3) is 0 Å². The first kappa shape index (κ1) is 13.3.